The van der Waals surface area contributed by atoms with E-state index in [0.717, 1.165) is 17.4 Å². The van der Waals surface area contributed by atoms with E-state index >= 15 is 0 Å². The molecule has 0 bridgehead atoms. The first-order chi connectivity index (χ1) is 13.3. The molecule has 0 saturated carbocycles. The summed E-state index contributed by atoms with van der Waals surface area (Å²) in [6, 6.07) is 26.3. The second kappa shape index (κ2) is 12.0. The number of nitrogens with two attached hydrogens (primary N) is 1. The van der Waals surface area contributed by atoms with Gasteiger partial charge in [0.1, 0.15) is 0 Å². The van der Waals surface area contributed by atoms with E-state index in [9.17, 15) is 8.42 Å². The van der Waals surface area contributed by atoms with E-state index in [1.807, 2.05) is 60.7 Å². The van der Waals surface area contributed by atoms with Gasteiger partial charge in [-0.1, -0.05) is 96.1 Å². The van der Waals surface area contributed by atoms with Gasteiger partial charge in [-0.05, 0) is 25.0 Å². The predicted molar refractivity (Wildman–Crippen MR) is 116 cm³/mol. The second-order valence-corrected chi connectivity index (χ2v) is 8.65. The van der Waals surface area contributed by atoms with Crippen molar-refractivity contribution in [3.63, 3.8) is 0 Å². The van der Waals surface area contributed by atoms with E-state index in [4.69, 9.17) is 5.73 Å². The summed E-state index contributed by atoms with van der Waals surface area (Å²) in [5.74, 6) is 0. The molecule has 0 saturated heterocycles. The Hall–Kier alpha value is -1.85. The molecule has 0 aliphatic carbocycles. The monoisotopic (exact) mass is 498 g/mol. The molecule has 29 heavy (non-hydrogen) atoms. The number of aryl methyl sites for hydroxylation is 2. The molecule has 0 spiro atoms. The largest absolute Gasteiger partial charge is 0.322 e. The molecule has 3 N–H and O–H groups in total. The fourth-order valence-electron chi connectivity index (χ4n) is 2.74. The van der Waals surface area contributed by atoms with Crippen molar-refractivity contribution in [3.05, 3.63) is 107 Å². The van der Waals surface area contributed by atoms with Crippen LogP contribution in [0.1, 0.15) is 34.3 Å². The van der Waals surface area contributed by atoms with Crippen molar-refractivity contribution < 1.29 is 27.9 Å². The Bertz CT molecular complexity index is 926. The fraction of sp³-hybridized carbons (Fsp3) is 0.217. The van der Waals surface area contributed by atoms with Gasteiger partial charge in [0.05, 0.1) is 18.3 Å². The normalized spacial score (nSPS) is 12.7. The quantitative estimate of drug-likeness (QED) is 0.517. The maximum Gasteiger partial charge on any atom is 0.209 e. The van der Waals surface area contributed by atoms with Crippen LogP contribution in [0, 0.1) is 13.8 Å². The van der Waals surface area contributed by atoms with Crippen LogP contribution in [-0.4, -0.2) is 14.7 Å². The van der Waals surface area contributed by atoms with Gasteiger partial charge in [-0.25, -0.2) is 13.1 Å². The summed E-state index contributed by atoms with van der Waals surface area (Å²) < 4.78 is 25.8. The Labute approximate surface area is 187 Å². The molecule has 156 valence electrons. The van der Waals surface area contributed by atoms with Crippen molar-refractivity contribution in [2.75, 3.05) is 6.26 Å². The minimum atomic E-state index is -3.35. The SMILES string of the molecule is CS(=O)(=O)N[C@@H](c1ccccc1)[C@@H](N)c1ccccc1.Cc1ccc(C)cc1.[Ru]. The van der Waals surface area contributed by atoms with Gasteiger partial charge in [0.25, 0.3) is 0 Å². The van der Waals surface area contributed by atoms with Crippen LogP contribution in [0.3, 0.4) is 0 Å². The minimum Gasteiger partial charge on any atom is -0.322 e. The fourth-order valence-corrected chi connectivity index (χ4v) is 3.49. The minimum absolute atomic E-state index is 0. The summed E-state index contributed by atoms with van der Waals surface area (Å²) in [5.41, 5.74) is 10.6. The van der Waals surface area contributed by atoms with E-state index in [1.54, 1.807) is 0 Å². The van der Waals surface area contributed by atoms with Crippen LogP contribution >= 0.6 is 0 Å². The first kappa shape index (κ1) is 25.2. The molecular formula is C23H28N2O2RuS. The Morgan fingerprint density at radius 1 is 0.724 bits per heavy atom. The van der Waals surface area contributed by atoms with Crippen LogP contribution in [0.4, 0.5) is 0 Å². The molecule has 0 fully saturated rings. The number of benzene rings is 3. The number of hydrogen-bond donors (Lipinski definition) is 2. The predicted octanol–water partition coefficient (Wildman–Crippen LogP) is 4.28. The molecule has 0 amide bonds. The van der Waals surface area contributed by atoms with Crippen LogP contribution in [0.15, 0.2) is 84.9 Å². The molecule has 6 heteroatoms. The van der Waals surface area contributed by atoms with Gasteiger partial charge in [-0.2, -0.15) is 0 Å². The summed E-state index contributed by atoms with van der Waals surface area (Å²) in [6.07, 6.45) is 1.14. The van der Waals surface area contributed by atoms with Crippen molar-refractivity contribution in [2.45, 2.75) is 25.9 Å². The maximum atomic E-state index is 11.6. The third-order valence-electron chi connectivity index (χ3n) is 4.26. The second-order valence-electron chi connectivity index (χ2n) is 6.87. The molecule has 0 heterocycles. The Balaban J connectivity index is 0.000000394. The van der Waals surface area contributed by atoms with Gasteiger partial charge in [0, 0.05) is 19.5 Å². The zero-order chi connectivity index (χ0) is 20.6. The van der Waals surface area contributed by atoms with Crippen LogP contribution in [-0.2, 0) is 29.5 Å². The average molecular weight is 498 g/mol. The zero-order valence-corrected chi connectivity index (χ0v) is 19.4. The number of hydrogen-bond acceptors (Lipinski definition) is 3. The molecular weight excluding hydrogens is 469 g/mol. The molecule has 0 unspecified atom stereocenters. The number of sulfonamides is 1. The van der Waals surface area contributed by atoms with Crippen LogP contribution in [0.25, 0.3) is 0 Å². The van der Waals surface area contributed by atoms with E-state index in [0.29, 0.717) is 0 Å². The summed E-state index contributed by atoms with van der Waals surface area (Å²) in [6.45, 7) is 4.19. The van der Waals surface area contributed by atoms with Gasteiger partial charge in [-0.15, -0.1) is 0 Å². The van der Waals surface area contributed by atoms with Crippen LogP contribution in [0.5, 0.6) is 0 Å². The van der Waals surface area contributed by atoms with Gasteiger partial charge in [-0.3, -0.25) is 0 Å². The molecule has 0 aromatic heterocycles. The van der Waals surface area contributed by atoms with Crippen molar-refractivity contribution in [2.24, 2.45) is 5.73 Å². The molecule has 2 atom stereocenters. The van der Waals surface area contributed by atoms with E-state index in [-0.39, 0.29) is 19.5 Å². The summed E-state index contributed by atoms with van der Waals surface area (Å²) >= 11 is 0. The van der Waals surface area contributed by atoms with E-state index in [1.165, 1.54) is 11.1 Å². The van der Waals surface area contributed by atoms with Crippen molar-refractivity contribution >= 4 is 10.0 Å². The molecule has 3 rings (SSSR count). The number of nitrogens with one attached hydrogen (secondary N) is 1. The summed E-state index contributed by atoms with van der Waals surface area (Å²) in [5, 5.41) is 0. The third-order valence-corrected chi connectivity index (χ3v) is 4.94. The first-order valence-electron chi connectivity index (χ1n) is 9.12. The van der Waals surface area contributed by atoms with E-state index in [2.05, 4.69) is 42.8 Å². The maximum absolute atomic E-state index is 11.6. The van der Waals surface area contributed by atoms with Gasteiger partial charge >= 0.3 is 0 Å². The smallest absolute Gasteiger partial charge is 0.209 e. The number of rotatable bonds is 5. The van der Waals surface area contributed by atoms with Crippen molar-refractivity contribution in [1.29, 1.82) is 0 Å². The van der Waals surface area contributed by atoms with Gasteiger partial charge in [0.15, 0.2) is 0 Å². The van der Waals surface area contributed by atoms with Gasteiger partial charge < -0.3 is 5.73 Å². The zero-order valence-electron chi connectivity index (χ0n) is 16.9. The average Bonchev–Trinajstić information content (AvgIpc) is 2.69. The molecule has 3 aromatic rings. The topological polar surface area (TPSA) is 72.2 Å². The van der Waals surface area contributed by atoms with Gasteiger partial charge in [0.2, 0.25) is 10.0 Å². The molecule has 0 radical (unpaired) electrons. The Morgan fingerprint density at radius 2 is 1.10 bits per heavy atom. The molecule has 3 aromatic carbocycles. The van der Waals surface area contributed by atoms with Crippen molar-refractivity contribution in [3.8, 4) is 0 Å². The Morgan fingerprint density at radius 3 is 1.48 bits per heavy atom. The third kappa shape index (κ3) is 9.01. The first-order valence-corrected chi connectivity index (χ1v) is 11.0. The summed E-state index contributed by atoms with van der Waals surface area (Å²) in [7, 11) is -3.35. The molecule has 0 aliphatic heterocycles. The van der Waals surface area contributed by atoms with Crippen molar-refractivity contribution in [1.82, 2.24) is 4.72 Å². The Kier molecular flexibility index (Phi) is 10.4. The van der Waals surface area contributed by atoms with Crippen LogP contribution in [0.2, 0.25) is 0 Å². The standard InChI is InChI=1S/C15H18N2O2S.C8H10.Ru/c1-20(18,19)17-15(13-10-6-3-7-11-13)14(16)12-8-4-2-5-9-12;1-7-3-5-8(2)6-4-7;/h2-11,14-15,17H,16H2,1H3;3-6H,1-2H3;/t14-,15-;;/m0../s1. The molecule has 0 aliphatic rings. The molecule has 4 nitrogen and oxygen atoms in total. The summed E-state index contributed by atoms with van der Waals surface area (Å²) in [4.78, 5) is 0. The van der Waals surface area contributed by atoms with E-state index < -0.39 is 22.1 Å². The van der Waals surface area contributed by atoms with Crippen LogP contribution < -0.4 is 10.5 Å².